The van der Waals surface area contributed by atoms with Crippen molar-refractivity contribution in [3.63, 3.8) is 0 Å². The van der Waals surface area contributed by atoms with E-state index in [1.54, 1.807) is 0 Å². The maximum Gasteiger partial charge on any atom is 0.227 e. The van der Waals surface area contributed by atoms with E-state index >= 15 is 0 Å². The molecule has 2 rings (SSSR count). The number of hydrogen-bond donors (Lipinski definition) is 3. The zero-order chi connectivity index (χ0) is 12.3. The molecule has 0 spiro atoms. The Morgan fingerprint density at radius 1 is 1.35 bits per heavy atom. The van der Waals surface area contributed by atoms with Crippen molar-refractivity contribution >= 4 is 17.3 Å². The second kappa shape index (κ2) is 5.19. The average Bonchev–Trinajstić information content (AvgIpc) is 3.15. The molecule has 4 N–H and O–H groups in total. The maximum absolute atomic E-state index is 11.5. The van der Waals surface area contributed by atoms with Gasteiger partial charge in [0.15, 0.2) is 0 Å². The van der Waals surface area contributed by atoms with Crippen molar-refractivity contribution in [2.75, 3.05) is 17.2 Å². The molecule has 1 amide bonds. The lowest BCUT2D eigenvalue weighted by atomic mass is 10.2. The minimum Gasteiger partial charge on any atom is -0.381 e. The third-order valence-electron chi connectivity index (χ3n) is 2.87. The molecule has 0 aliphatic heterocycles. The van der Waals surface area contributed by atoms with Crippen LogP contribution in [0.5, 0.6) is 0 Å². The van der Waals surface area contributed by atoms with Gasteiger partial charge >= 0.3 is 0 Å². The number of benzene rings is 1. The van der Waals surface area contributed by atoms with Crippen LogP contribution in [-0.2, 0) is 4.79 Å². The number of nitrogens with two attached hydrogens (primary N) is 1. The van der Waals surface area contributed by atoms with Gasteiger partial charge in [-0.25, -0.2) is 0 Å². The van der Waals surface area contributed by atoms with Crippen LogP contribution in [0.4, 0.5) is 11.4 Å². The van der Waals surface area contributed by atoms with Crippen molar-refractivity contribution in [2.45, 2.75) is 25.8 Å². The Bertz CT molecular complexity index is 384. The zero-order valence-corrected chi connectivity index (χ0v) is 10.1. The molecule has 1 atom stereocenters. The molecule has 1 aliphatic rings. The van der Waals surface area contributed by atoms with Crippen molar-refractivity contribution in [1.82, 2.24) is 0 Å². The van der Waals surface area contributed by atoms with E-state index in [-0.39, 0.29) is 17.9 Å². The monoisotopic (exact) mass is 233 g/mol. The van der Waals surface area contributed by atoms with E-state index in [4.69, 9.17) is 5.73 Å². The molecular weight excluding hydrogens is 214 g/mol. The Morgan fingerprint density at radius 3 is 2.47 bits per heavy atom. The molecule has 1 fully saturated rings. The van der Waals surface area contributed by atoms with Crippen molar-refractivity contribution in [1.29, 1.82) is 0 Å². The number of carbonyl (C=O) groups is 1. The Morgan fingerprint density at radius 2 is 1.94 bits per heavy atom. The van der Waals surface area contributed by atoms with Gasteiger partial charge in [-0.15, -0.1) is 0 Å². The van der Waals surface area contributed by atoms with Crippen LogP contribution in [0.2, 0.25) is 0 Å². The molecule has 1 aromatic rings. The zero-order valence-electron chi connectivity index (χ0n) is 10.1. The van der Waals surface area contributed by atoms with Crippen LogP contribution >= 0.6 is 0 Å². The number of nitrogens with one attached hydrogen (secondary N) is 2. The van der Waals surface area contributed by atoms with E-state index in [0.717, 1.165) is 24.2 Å². The Labute approximate surface area is 102 Å². The van der Waals surface area contributed by atoms with Crippen molar-refractivity contribution in [3.8, 4) is 0 Å². The summed E-state index contributed by atoms with van der Waals surface area (Å²) in [6.07, 6.45) is 2.05. The molecule has 0 heterocycles. The van der Waals surface area contributed by atoms with Crippen LogP contribution in [0, 0.1) is 5.92 Å². The predicted octanol–water partition coefficient (Wildman–Crippen LogP) is 1.79. The van der Waals surface area contributed by atoms with Crippen LogP contribution < -0.4 is 16.4 Å². The van der Waals surface area contributed by atoms with Gasteiger partial charge in [-0.2, -0.15) is 0 Å². The van der Waals surface area contributed by atoms with Crippen LogP contribution in [0.15, 0.2) is 24.3 Å². The van der Waals surface area contributed by atoms with E-state index in [2.05, 4.69) is 10.6 Å². The van der Waals surface area contributed by atoms with Gasteiger partial charge in [0, 0.05) is 29.9 Å². The molecule has 1 aromatic carbocycles. The van der Waals surface area contributed by atoms with Crippen LogP contribution in [-0.4, -0.2) is 18.5 Å². The minimum atomic E-state index is 0.140. The molecule has 1 saturated carbocycles. The first kappa shape index (κ1) is 11.9. The van der Waals surface area contributed by atoms with Gasteiger partial charge in [0.2, 0.25) is 5.91 Å². The molecule has 17 heavy (non-hydrogen) atoms. The Balaban J connectivity index is 1.90. The van der Waals surface area contributed by atoms with Crippen molar-refractivity contribution < 1.29 is 4.79 Å². The molecule has 0 bridgehead atoms. The average molecular weight is 233 g/mol. The van der Waals surface area contributed by atoms with Gasteiger partial charge in [0.1, 0.15) is 0 Å². The van der Waals surface area contributed by atoms with Gasteiger partial charge in [0.25, 0.3) is 0 Å². The molecule has 0 saturated heterocycles. The van der Waals surface area contributed by atoms with Crippen molar-refractivity contribution in [3.05, 3.63) is 24.3 Å². The molecule has 0 aromatic heterocycles. The Hall–Kier alpha value is -1.55. The smallest absolute Gasteiger partial charge is 0.227 e. The molecule has 92 valence electrons. The second-order valence-electron chi connectivity index (χ2n) is 4.62. The van der Waals surface area contributed by atoms with Gasteiger partial charge in [0.05, 0.1) is 0 Å². The fourth-order valence-electron chi connectivity index (χ4n) is 1.58. The lowest BCUT2D eigenvalue weighted by Gasteiger charge is -2.13. The van der Waals surface area contributed by atoms with Crippen molar-refractivity contribution in [2.24, 2.45) is 11.7 Å². The highest BCUT2D eigenvalue weighted by Crippen LogP contribution is 2.30. The minimum absolute atomic E-state index is 0.140. The summed E-state index contributed by atoms with van der Waals surface area (Å²) in [5.74, 6) is 0.381. The summed E-state index contributed by atoms with van der Waals surface area (Å²) < 4.78 is 0. The SMILES string of the molecule is CC(CN)Nc1ccc(NC(=O)C2CC2)cc1. The highest BCUT2D eigenvalue weighted by Gasteiger charge is 2.29. The third-order valence-corrected chi connectivity index (χ3v) is 2.87. The van der Waals surface area contributed by atoms with Crippen LogP contribution in [0.25, 0.3) is 0 Å². The second-order valence-corrected chi connectivity index (χ2v) is 4.62. The van der Waals surface area contributed by atoms with Crippen LogP contribution in [0.3, 0.4) is 0 Å². The van der Waals surface area contributed by atoms with Gasteiger partial charge in [-0.3, -0.25) is 4.79 Å². The summed E-state index contributed by atoms with van der Waals surface area (Å²) in [5.41, 5.74) is 7.41. The molecule has 0 radical (unpaired) electrons. The van der Waals surface area contributed by atoms with E-state index < -0.39 is 0 Å². The number of carbonyl (C=O) groups excluding carboxylic acids is 1. The first-order valence-electron chi connectivity index (χ1n) is 6.06. The van der Waals surface area contributed by atoms with Gasteiger partial charge in [-0.1, -0.05) is 0 Å². The maximum atomic E-state index is 11.5. The Kier molecular flexibility index (Phi) is 3.64. The summed E-state index contributed by atoms with van der Waals surface area (Å²) in [7, 11) is 0. The molecule has 1 aliphatic carbocycles. The van der Waals surface area contributed by atoms with Gasteiger partial charge < -0.3 is 16.4 Å². The fourth-order valence-corrected chi connectivity index (χ4v) is 1.58. The molecule has 4 nitrogen and oxygen atoms in total. The quantitative estimate of drug-likeness (QED) is 0.726. The van der Waals surface area contributed by atoms with E-state index in [0.29, 0.717) is 6.54 Å². The number of hydrogen-bond acceptors (Lipinski definition) is 3. The highest BCUT2D eigenvalue weighted by molar-refractivity contribution is 5.94. The summed E-state index contributed by atoms with van der Waals surface area (Å²) >= 11 is 0. The fraction of sp³-hybridized carbons (Fsp3) is 0.462. The molecular formula is C13H19N3O. The number of anilines is 2. The first-order valence-corrected chi connectivity index (χ1v) is 6.06. The topological polar surface area (TPSA) is 67.2 Å². The summed E-state index contributed by atoms with van der Waals surface area (Å²) in [5, 5.41) is 6.18. The van der Waals surface area contributed by atoms with E-state index in [1.165, 1.54) is 0 Å². The third kappa shape index (κ3) is 3.46. The summed E-state index contributed by atoms with van der Waals surface area (Å²) in [4.78, 5) is 11.5. The number of rotatable bonds is 5. The normalized spacial score (nSPS) is 16.4. The molecule has 1 unspecified atom stereocenters. The standard InChI is InChI=1S/C13H19N3O/c1-9(8-14)15-11-4-6-12(7-5-11)16-13(17)10-2-3-10/h4-7,9-10,15H,2-3,8,14H2,1H3,(H,16,17). The number of amides is 1. The summed E-state index contributed by atoms with van der Waals surface area (Å²) in [6.45, 7) is 2.63. The van der Waals surface area contributed by atoms with E-state index in [1.807, 2.05) is 31.2 Å². The van der Waals surface area contributed by atoms with Crippen LogP contribution in [0.1, 0.15) is 19.8 Å². The van der Waals surface area contributed by atoms with E-state index in [9.17, 15) is 4.79 Å². The van der Waals surface area contributed by atoms with Gasteiger partial charge in [-0.05, 0) is 44.0 Å². The predicted molar refractivity (Wildman–Crippen MR) is 69.9 cm³/mol. The largest absolute Gasteiger partial charge is 0.381 e. The lowest BCUT2D eigenvalue weighted by Crippen LogP contribution is -2.25. The molecule has 4 heteroatoms. The summed E-state index contributed by atoms with van der Waals surface area (Å²) in [6, 6.07) is 7.98. The lowest BCUT2D eigenvalue weighted by molar-refractivity contribution is -0.117. The first-order chi connectivity index (χ1) is 8.19. The highest BCUT2D eigenvalue weighted by atomic mass is 16.2.